The average molecular weight is 534 g/mol. The van der Waals surface area contributed by atoms with Crippen molar-refractivity contribution >= 4 is 17.5 Å². The number of imidazole rings is 1. The molecule has 0 radical (unpaired) electrons. The zero-order valence-electron chi connectivity index (χ0n) is 20.3. The quantitative estimate of drug-likeness (QED) is 0.267. The molecule has 0 bridgehead atoms. The summed E-state index contributed by atoms with van der Waals surface area (Å²) in [7, 11) is 0. The van der Waals surface area contributed by atoms with E-state index >= 15 is 0 Å². The number of anilines is 1. The highest BCUT2D eigenvalue weighted by Gasteiger charge is 2.30. The molecule has 6 rings (SSSR count). The second-order valence-corrected chi connectivity index (χ2v) is 9.27. The van der Waals surface area contributed by atoms with Crippen molar-refractivity contribution in [3.63, 3.8) is 0 Å². The molecule has 0 atom stereocenters. The van der Waals surface area contributed by atoms with Crippen LogP contribution >= 0.6 is 0 Å². The van der Waals surface area contributed by atoms with Crippen molar-refractivity contribution < 1.29 is 18.3 Å². The third kappa shape index (κ3) is 5.13. The molecule has 1 aliphatic carbocycles. The van der Waals surface area contributed by atoms with E-state index in [1.165, 1.54) is 6.07 Å². The van der Waals surface area contributed by atoms with Crippen LogP contribution in [0.15, 0.2) is 70.6 Å². The van der Waals surface area contributed by atoms with E-state index in [2.05, 4.69) is 25.4 Å². The summed E-state index contributed by atoms with van der Waals surface area (Å²) in [4.78, 5) is 25.8. The molecule has 9 nitrogen and oxygen atoms in total. The van der Waals surface area contributed by atoms with Crippen LogP contribution in [0.5, 0.6) is 5.88 Å². The smallest absolute Gasteiger partial charge is 0.416 e. The Morgan fingerprint density at radius 3 is 2.69 bits per heavy atom. The van der Waals surface area contributed by atoms with Crippen molar-refractivity contribution in [3.8, 4) is 17.0 Å². The maximum Gasteiger partial charge on any atom is 0.416 e. The Hall–Kier alpha value is -4.87. The van der Waals surface area contributed by atoms with Gasteiger partial charge >= 0.3 is 11.9 Å². The predicted octanol–water partition coefficient (Wildman–Crippen LogP) is 3.36. The fraction of sp³-hybridized carbons (Fsp3) is 0.185. The first-order valence-electron chi connectivity index (χ1n) is 12.2. The van der Waals surface area contributed by atoms with Crippen LogP contribution in [0, 0.1) is 0 Å². The molecule has 12 heteroatoms. The molecule has 1 saturated carbocycles. The topological polar surface area (TPSA) is 123 Å². The number of aromatic nitrogens is 5. The van der Waals surface area contributed by atoms with E-state index in [9.17, 15) is 23.1 Å². The predicted molar refractivity (Wildman–Crippen MR) is 138 cm³/mol. The molecule has 3 aromatic heterocycles. The van der Waals surface area contributed by atoms with Gasteiger partial charge in [-0.05, 0) is 47.7 Å². The molecule has 3 heterocycles. The van der Waals surface area contributed by atoms with Crippen molar-refractivity contribution in [1.82, 2.24) is 24.6 Å². The molecule has 198 valence electrons. The van der Waals surface area contributed by atoms with Crippen molar-refractivity contribution in [3.05, 3.63) is 98.8 Å². The molecule has 1 fully saturated rings. The molecule has 0 spiro atoms. The summed E-state index contributed by atoms with van der Waals surface area (Å²) in [5.74, 6) is 0.186. The molecule has 0 saturated heterocycles. The van der Waals surface area contributed by atoms with Gasteiger partial charge in [0.2, 0.25) is 5.88 Å². The van der Waals surface area contributed by atoms with Gasteiger partial charge in [0.1, 0.15) is 11.5 Å². The van der Waals surface area contributed by atoms with Crippen LogP contribution in [-0.2, 0) is 12.7 Å². The highest BCUT2D eigenvalue weighted by Crippen LogP contribution is 2.33. The van der Waals surface area contributed by atoms with Crippen LogP contribution in [0.3, 0.4) is 0 Å². The Bertz CT molecular complexity index is 1870. The maximum absolute atomic E-state index is 13.3. The lowest BCUT2D eigenvalue weighted by atomic mass is 9.98. The summed E-state index contributed by atoms with van der Waals surface area (Å²) in [6.07, 6.45) is 0.640. The van der Waals surface area contributed by atoms with Gasteiger partial charge in [0.05, 0.1) is 17.8 Å². The molecule has 2 aromatic carbocycles. The molecular weight excluding hydrogens is 511 g/mol. The Kier molecular flexibility index (Phi) is 5.93. The van der Waals surface area contributed by atoms with Crippen LogP contribution in [0.2, 0.25) is 0 Å². The Balaban J connectivity index is 1.38. The fourth-order valence-electron chi connectivity index (χ4n) is 4.29. The normalized spacial score (nSPS) is 14.8. The summed E-state index contributed by atoms with van der Waals surface area (Å²) >= 11 is 0. The highest BCUT2D eigenvalue weighted by atomic mass is 19.4. The number of nitrogens with zero attached hydrogens (tertiary/aromatic N) is 4. The Morgan fingerprint density at radius 1 is 1.13 bits per heavy atom. The number of fused-ring (bicyclic) bond motifs is 1. The van der Waals surface area contributed by atoms with Crippen LogP contribution in [-0.4, -0.2) is 35.7 Å². The maximum atomic E-state index is 13.3. The molecule has 4 N–H and O–H groups in total. The lowest BCUT2D eigenvalue weighted by molar-refractivity contribution is -0.137. The number of aromatic hydroxyl groups is 1. The zero-order chi connectivity index (χ0) is 27.1. The number of rotatable bonds is 6. The number of hydrogen-bond donors (Lipinski definition) is 4. The lowest BCUT2D eigenvalue weighted by Gasteiger charge is -2.13. The molecule has 39 heavy (non-hydrogen) atoms. The van der Waals surface area contributed by atoms with Gasteiger partial charge in [0, 0.05) is 17.8 Å². The number of halogens is 3. The number of alkyl halides is 3. The van der Waals surface area contributed by atoms with Gasteiger partial charge in [-0.2, -0.15) is 22.8 Å². The van der Waals surface area contributed by atoms with Crippen molar-refractivity contribution in [2.45, 2.75) is 31.6 Å². The standard InChI is InChI=1S/C27H22F3N7O2/c28-27(29,30)18-6-3-5-15(10-18)20-7-2-1-4-16(20)13-31-22-12-23(33-19-8-9-19)37-24(35-22)17(14-32-37)11-21-25(38)36-26(39)34-21/h1-7,10-12,14,19,31,38H,8-9,13H2,(H2,34,36,39)/b17-11-,33-23?. The minimum Gasteiger partial charge on any atom is -0.493 e. The minimum absolute atomic E-state index is 0.186. The third-order valence-corrected chi connectivity index (χ3v) is 6.36. The van der Waals surface area contributed by atoms with E-state index in [1.54, 1.807) is 41.1 Å². The van der Waals surface area contributed by atoms with E-state index in [0.29, 0.717) is 33.3 Å². The summed E-state index contributed by atoms with van der Waals surface area (Å²) in [5.41, 5.74) is 1.89. The molecule has 0 aliphatic heterocycles. The molecular formula is C27H22F3N7O2. The fourth-order valence-corrected chi connectivity index (χ4v) is 4.29. The zero-order valence-corrected chi connectivity index (χ0v) is 20.3. The average Bonchev–Trinajstić information content (AvgIpc) is 3.55. The van der Waals surface area contributed by atoms with Gasteiger partial charge in [-0.1, -0.05) is 36.4 Å². The van der Waals surface area contributed by atoms with Crippen molar-refractivity contribution in [2.24, 2.45) is 4.99 Å². The van der Waals surface area contributed by atoms with Crippen LogP contribution < -0.4 is 21.7 Å². The second-order valence-electron chi connectivity index (χ2n) is 9.27. The van der Waals surface area contributed by atoms with E-state index < -0.39 is 17.4 Å². The molecule has 0 unspecified atom stereocenters. The number of H-pyrrole nitrogens is 2. The van der Waals surface area contributed by atoms with Gasteiger partial charge in [-0.3, -0.25) is 9.98 Å². The number of aromatic amines is 2. The monoisotopic (exact) mass is 533 g/mol. The molecule has 0 amide bonds. The van der Waals surface area contributed by atoms with E-state index in [-0.39, 0.29) is 24.2 Å². The summed E-state index contributed by atoms with van der Waals surface area (Å²) in [6.45, 7) is 0.289. The van der Waals surface area contributed by atoms with Crippen LogP contribution in [0.25, 0.3) is 22.9 Å². The first kappa shape index (κ1) is 24.5. The van der Waals surface area contributed by atoms with Gasteiger partial charge in [-0.25, -0.2) is 9.78 Å². The SMILES string of the molecule is O=c1[nH]c(O)c(/C=c2/cnn3c(=NC4CC4)cc(NCc4ccccc4-c4cccc(C(F)(F)F)c4)nc23)[nH]1. The van der Waals surface area contributed by atoms with Crippen LogP contribution in [0.1, 0.15) is 29.7 Å². The summed E-state index contributed by atoms with van der Waals surface area (Å²) in [5, 5.41) is 18.2. The molecule has 1 aliphatic rings. The summed E-state index contributed by atoms with van der Waals surface area (Å²) in [6, 6.07) is 14.5. The second kappa shape index (κ2) is 9.46. The summed E-state index contributed by atoms with van der Waals surface area (Å²) < 4.78 is 41.5. The van der Waals surface area contributed by atoms with E-state index in [4.69, 9.17) is 4.99 Å². The first-order valence-corrected chi connectivity index (χ1v) is 12.2. The van der Waals surface area contributed by atoms with Crippen molar-refractivity contribution in [1.29, 1.82) is 0 Å². The number of hydrogen-bond acceptors (Lipinski definition) is 6. The Labute approximate surface area is 218 Å². The number of benzene rings is 2. The van der Waals surface area contributed by atoms with E-state index in [0.717, 1.165) is 30.5 Å². The number of nitrogens with one attached hydrogen (secondary N) is 3. The molecule has 5 aromatic rings. The largest absolute Gasteiger partial charge is 0.493 e. The van der Waals surface area contributed by atoms with Gasteiger partial charge in [0.15, 0.2) is 11.1 Å². The highest BCUT2D eigenvalue weighted by molar-refractivity contribution is 5.68. The van der Waals surface area contributed by atoms with Gasteiger partial charge in [0.25, 0.3) is 0 Å². The van der Waals surface area contributed by atoms with E-state index in [1.807, 2.05) is 12.1 Å². The van der Waals surface area contributed by atoms with Crippen LogP contribution in [0.4, 0.5) is 19.0 Å². The van der Waals surface area contributed by atoms with Crippen molar-refractivity contribution in [2.75, 3.05) is 5.32 Å². The lowest BCUT2D eigenvalue weighted by Crippen LogP contribution is -2.20. The van der Waals surface area contributed by atoms with Gasteiger partial charge < -0.3 is 15.4 Å². The Morgan fingerprint density at radius 2 is 1.95 bits per heavy atom. The third-order valence-electron chi connectivity index (χ3n) is 6.36. The first-order chi connectivity index (χ1) is 18.7. The minimum atomic E-state index is -4.44. The van der Waals surface area contributed by atoms with Gasteiger partial charge in [-0.15, -0.1) is 0 Å².